The molecule has 1 aromatic carbocycles. The van der Waals surface area contributed by atoms with E-state index in [0.29, 0.717) is 17.9 Å². The second-order valence-corrected chi connectivity index (χ2v) is 5.67. The van der Waals surface area contributed by atoms with Gasteiger partial charge in [0.2, 0.25) is 5.91 Å². The van der Waals surface area contributed by atoms with Crippen molar-refractivity contribution in [3.63, 3.8) is 0 Å². The lowest BCUT2D eigenvalue weighted by Gasteiger charge is -2.05. The minimum absolute atomic E-state index is 0.176. The lowest BCUT2D eigenvalue weighted by atomic mass is 10.2. The minimum Gasteiger partial charge on any atom is -0.352 e. The molecule has 26 heavy (non-hydrogen) atoms. The van der Waals surface area contributed by atoms with Crippen molar-refractivity contribution in [3.05, 3.63) is 78.2 Å². The number of nitrogens with one attached hydrogen (secondary N) is 2. The van der Waals surface area contributed by atoms with Crippen molar-refractivity contribution in [2.24, 2.45) is 0 Å². The van der Waals surface area contributed by atoms with Gasteiger partial charge in [-0.25, -0.2) is 0 Å². The van der Waals surface area contributed by atoms with Gasteiger partial charge in [0.1, 0.15) is 0 Å². The number of carbonyl (C=O) groups is 2. The highest BCUT2D eigenvalue weighted by Gasteiger charge is 2.08. The Bertz CT molecular complexity index is 862. The second kappa shape index (κ2) is 8.57. The summed E-state index contributed by atoms with van der Waals surface area (Å²) in [4.78, 5) is 27.9. The number of anilines is 1. The third kappa shape index (κ3) is 5.01. The van der Waals surface area contributed by atoms with Crippen LogP contribution in [0.1, 0.15) is 22.3 Å². The smallest absolute Gasteiger partial charge is 0.251 e. The Morgan fingerprint density at radius 3 is 2.54 bits per heavy atom. The SMILES string of the molecule is O=C(CCNC(=O)c1ccccc1)Nc1ccn(Cc2ccncc2)n1. The van der Waals surface area contributed by atoms with Crippen LogP contribution < -0.4 is 10.6 Å². The largest absolute Gasteiger partial charge is 0.352 e. The van der Waals surface area contributed by atoms with Gasteiger partial charge in [-0.15, -0.1) is 0 Å². The summed E-state index contributed by atoms with van der Waals surface area (Å²) in [5.41, 5.74) is 1.65. The molecule has 2 heterocycles. The molecule has 2 N–H and O–H groups in total. The molecule has 0 aliphatic carbocycles. The molecule has 0 fully saturated rings. The molecule has 3 rings (SSSR count). The monoisotopic (exact) mass is 349 g/mol. The standard InChI is InChI=1S/C19H19N5O2/c25-18(8-12-21-19(26)16-4-2-1-3-5-16)22-17-9-13-24(23-17)14-15-6-10-20-11-7-15/h1-7,9-11,13H,8,12,14H2,(H,21,26)(H,22,23,25). The molecule has 0 saturated heterocycles. The maximum Gasteiger partial charge on any atom is 0.251 e. The molecule has 3 aromatic rings. The molecule has 7 heteroatoms. The van der Waals surface area contributed by atoms with E-state index in [1.807, 2.05) is 18.2 Å². The van der Waals surface area contributed by atoms with E-state index in [4.69, 9.17) is 0 Å². The molecule has 7 nitrogen and oxygen atoms in total. The first-order chi connectivity index (χ1) is 12.7. The Labute approximate surface area is 151 Å². The van der Waals surface area contributed by atoms with E-state index in [1.54, 1.807) is 53.6 Å². The Morgan fingerprint density at radius 2 is 1.77 bits per heavy atom. The van der Waals surface area contributed by atoms with Crippen LogP contribution in [-0.4, -0.2) is 33.1 Å². The fourth-order valence-corrected chi connectivity index (χ4v) is 2.38. The van der Waals surface area contributed by atoms with Crippen LogP contribution in [0.2, 0.25) is 0 Å². The molecule has 0 radical (unpaired) electrons. The van der Waals surface area contributed by atoms with Crippen LogP contribution >= 0.6 is 0 Å². The highest BCUT2D eigenvalue weighted by atomic mass is 16.2. The quantitative estimate of drug-likeness (QED) is 0.683. The Hall–Kier alpha value is -3.48. The first-order valence-electron chi connectivity index (χ1n) is 8.26. The Morgan fingerprint density at radius 1 is 1.00 bits per heavy atom. The highest BCUT2D eigenvalue weighted by Crippen LogP contribution is 2.06. The van der Waals surface area contributed by atoms with Gasteiger partial charge in [0.25, 0.3) is 5.91 Å². The summed E-state index contributed by atoms with van der Waals surface area (Å²) >= 11 is 0. The molecule has 0 aliphatic rings. The van der Waals surface area contributed by atoms with Gasteiger partial charge in [0, 0.05) is 43.2 Å². The van der Waals surface area contributed by atoms with Crippen LogP contribution in [0.3, 0.4) is 0 Å². The average Bonchev–Trinajstić information content (AvgIpc) is 3.10. The van der Waals surface area contributed by atoms with Crippen molar-refractivity contribution in [1.82, 2.24) is 20.1 Å². The molecule has 0 saturated carbocycles. The number of amides is 2. The second-order valence-electron chi connectivity index (χ2n) is 5.67. The van der Waals surface area contributed by atoms with Crippen molar-refractivity contribution < 1.29 is 9.59 Å². The summed E-state index contributed by atoms with van der Waals surface area (Å²) in [5.74, 6) is 0.0889. The molecule has 0 atom stereocenters. The molecule has 2 aromatic heterocycles. The minimum atomic E-state index is -0.201. The van der Waals surface area contributed by atoms with E-state index in [9.17, 15) is 9.59 Å². The van der Waals surface area contributed by atoms with Gasteiger partial charge < -0.3 is 10.6 Å². The summed E-state index contributed by atoms with van der Waals surface area (Å²) in [7, 11) is 0. The maximum absolute atomic E-state index is 12.0. The summed E-state index contributed by atoms with van der Waals surface area (Å²) in [5, 5.41) is 9.76. The number of benzene rings is 1. The van der Waals surface area contributed by atoms with Crippen molar-refractivity contribution >= 4 is 17.6 Å². The van der Waals surface area contributed by atoms with Gasteiger partial charge >= 0.3 is 0 Å². The van der Waals surface area contributed by atoms with Gasteiger partial charge in [0.05, 0.1) is 6.54 Å². The van der Waals surface area contributed by atoms with Crippen molar-refractivity contribution in [1.29, 1.82) is 0 Å². The molecule has 0 aliphatic heterocycles. The third-order valence-corrected chi connectivity index (χ3v) is 3.68. The predicted octanol–water partition coefficient (Wildman–Crippen LogP) is 2.08. The molecule has 2 amide bonds. The molecule has 132 valence electrons. The maximum atomic E-state index is 12.0. The summed E-state index contributed by atoms with van der Waals surface area (Å²) in [6.07, 6.45) is 5.43. The molecular weight excluding hydrogens is 330 g/mol. The zero-order valence-corrected chi connectivity index (χ0v) is 14.1. The summed E-state index contributed by atoms with van der Waals surface area (Å²) in [6.45, 7) is 0.864. The summed E-state index contributed by atoms with van der Waals surface area (Å²) in [6, 6.07) is 14.5. The topological polar surface area (TPSA) is 88.9 Å². The van der Waals surface area contributed by atoms with Crippen molar-refractivity contribution in [3.8, 4) is 0 Å². The zero-order chi connectivity index (χ0) is 18.2. The van der Waals surface area contributed by atoms with E-state index in [1.165, 1.54) is 0 Å². The van der Waals surface area contributed by atoms with E-state index in [-0.39, 0.29) is 24.8 Å². The first kappa shape index (κ1) is 17.3. The van der Waals surface area contributed by atoms with Gasteiger partial charge in [-0.05, 0) is 29.8 Å². The van der Waals surface area contributed by atoms with Crippen LogP contribution in [-0.2, 0) is 11.3 Å². The number of nitrogens with zero attached hydrogens (tertiary/aromatic N) is 3. The third-order valence-electron chi connectivity index (χ3n) is 3.68. The number of aromatic nitrogens is 3. The van der Waals surface area contributed by atoms with E-state index in [2.05, 4.69) is 20.7 Å². The van der Waals surface area contributed by atoms with E-state index in [0.717, 1.165) is 5.56 Å². The van der Waals surface area contributed by atoms with Gasteiger partial charge in [-0.1, -0.05) is 18.2 Å². The normalized spacial score (nSPS) is 10.3. The highest BCUT2D eigenvalue weighted by molar-refractivity contribution is 5.95. The van der Waals surface area contributed by atoms with Crippen LogP contribution in [0.15, 0.2) is 67.1 Å². The summed E-state index contributed by atoms with van der Waals surface area (Å²) < 4.78 is 1.74. The first-order valence-corrected chi connectivity index (χ1v) is 8.26. The van der Waals surface area contributed by atoms with Crippen LogP contribution in [0.5, 0.6) is 0 Å². The Balaban J connectivity index is 1.43. The number of hydrogen-bond acceptors (Lipinski definition) is 4. The van der Waals surface area contributed by atoms with E-state index >= 15 is 0 Å². The predicted molar refractivity (Wildman–Crippen MR) is 97.6 cm³/mol. The molecule has 0 unspecified atom stereocenters. The van der Waals surface area contributed by atoms with Crippen LogP contribution in [0, 0.1) is 0 Å². The number of rotatable bonds is 7. The molecular formula is C19H19N5O2. The number of hydrogen-bond donors (Lipinski definition) is 2. The van der Waals surface area contributed by atoms with Crippen LogP contribution in [0.4, 0.5) is 5.82 Å². The van der Waals surface area contributed by atoms with Gasteiger partial charge in [-0.3, -0.25) is 19.3 Å². The van der Waals surface area contributed by atoms with Gasteiger partial charge in [0.15, 0.2) is 5.82 Å². The van der Waals surface area contributed by atoms with Crippen molar-refractivity contribution in [2.75, 3.05) is 11.9 Å². The van der Waals surface area contributed by atoms with E-state index < -0.39 is 0 Å². The van der Waals surface area contributed by atoms with Crippen molar-refractivity contribution in [2.45, 2.75) is 13.0 Å². The van der Waals surface area contributed by atoms with Gasteiger partial charge in [-0.2, -0.15) is 5.10 Å². The lowest BCUT2D eigenvalue weighted by Crippen LogP contribution is -2.27. The average molecular weight is 349 g/mol. The van der Waals surface area contributed by atoms with Crippen LogP contribution in [0.25, 0.3) is 0 Å². The fraction of sp³-hybridized carbons (Fsp3) is 0.158. The fourth-order valence-electron chi connectivity index (χ4n) is 2.38. The Kier molecular flexibility index (Phi) is 5.72. The lowest BCUT2D eigenvalue weighted by molar-refractivity contribution is -0.116. The zero-order valence-electron chi connectivity index (χ0n) is 14.1. The molecule has 0 spiro atoms. The molecule has 0 bridgehead atoms. The number of carbonyl (C=O) groups excluding carboxylic acids is 2. The number of pyridine rings is 1.